The predicted molar refractivity (Wildman–Crippen MR) is 116 cm³/mol. The number of furan rings is 1. The topological polar surface area (TPSA) is 74.5 Å². The quantitative estimate of drug-likeness (QED) is 0.636. The van der Waals surface area contributed by atoms with Crippen molar-refractivity contribution in [3.8, 4) is 0 Å². The first-order valence-corrected chi connectivity index (χ1v) is 10.3. The second-order valence-corrected chi connectivity index (χ2v) is 7.85. The molecule has 1 amide bonds. The van der Waals surface area contributed by atoms with E-state index in [0.29, 0.717) is 42.6 Å². The molecule has 2 aromatic heterocycles. The van der Waals surface area contributed by atoms with Crippen molar-refractivity contribution in [2.24, 2.45) is 0 Å². The average molecular weight is 456 g/mol. The summed E-state index contributed by atoms with van der Waals surface area (Å²) in [6.07, 6.45) is 0. The van der Waals surface area contributed by atoms with Gasteiger partial charge >= 0.3 is 0 Å². The molecule has 29 heavy (non-hydrogen) atoms. The molecule has 1 aromatic carbocycles. The van der Waals surface area contributed by atoms with Crippen molar-refractivity contribution in [3.05, 3.63) is 64.2 Å². The zero-order valence-corrected chi connectivity index (χ0v) is 17.9. The third-order valence-corrected chi connectivity index (χ3v) is 5.25. The first-order chi connectivity index (χ1) is 14.0. The first-order valence-electron chi connectivity index (χ1n) is 9.47. The van der Waals surface area contributed by atoms with Crippen molar-refractivity contribution < 1.29 is 9.21 Å². The van der Waals surface area contributed by atoms with Crippen LogP contribution in [0.3, 0.4) is 0 Å². The lowest BCUT2D eigenvalue weighted by molar-refractivity contribution is 0.0713. The Morgan fingerprint density at radius 2 is 1.76 bits per heavy atom. The van der Waals surface area contributed by atoms with Crippen molar-refractivity contribution in [1.82, 2.24) is 14.9 Å². The van der Waals surface area contributed by atoms with Gasteiger partial charge in [-0.2, -0.15) is 4.98 Å². The summed E-state index contributed by atoms with van der Waals surface area (Å²) in [6, 6.07) is 13.5. The standard InChI is InChI=1S/C21H22BrN5O2/c1-14-3-5-16(6-4-14)24-21-23-15(2)13-19(25-21)26-9-11-27(12-10-26)20(28)17-7-8-18(22)29-17/h3-8,13H,9-12H2,1-2H3,(H,23,24,25). The Kier molecular flexibility index (Phi) is 5.53. The maximum atomic E-state index is 12.5. The van der Waals surface area contributed by atoms with Crippen LogP contribution in [0.1, 0.15) is 21.8 Å². The van der Waals surface area contributed by atoms with Crippen LogP contribution in [0.2, 0.25) is 0 Å². The van der Waals surface area contributed by atoms with E-state index < -0.39 is 0 Å². The summed E-state index contributed by atoms with van der Waals surface area (Å²) in [5.74, 6) is 1.70. The van der Waals surface area contributed by atoms with Gasteiger partial charge in [-0.3, -0.25) is 4.79 Å². The fourth-order valence-electron chi connectivity index (χ4n) is 3.26. The number of amides is 1. The number of aryl methyl sites for hydroxylation is 2. The highest BCUT2D eigenvalue weighted by atomic mass is 79.9. The molecule has 0 spiro atoms. The van der Waals surface area contributed by atoms with Crippen molar-refractivity contribution in [2.45, 2.75) is 13.8 Å². The smallest absolute Gasteiger partial charge is 0.289 e. The van der Waals surface area contributed by atoms with Crippen LogP contribution in [0.15, 0.2) is 51.6 Å². The lowest BCUT2D eigenvalue weighted by Crippen LogP contribution is -2.49. The molecular formula is C21H22BrN5O2. The van der Waals surface area contributed by atoms with Crippen LogP contribution in [-0.4, -0.2) is 47.0 Å². The minimum Gasteiger partial charge on any atom is -0.444 e. The minimum atomic E-state index is -0.0871. The van der Waals surface area contributed by atoms with Crippen molar-refractivity contribution in [1.29, 1.82) is 0 Å². The molecule has 7 nitrogen and oxygen atoms in total. The number of nitrogens with one attached hydrogen (secondary N) is 1. The minimum absolute atomic E-state index is 0.0871. The lowest BCUT2D eigenvalue weighted by atomic mass is 10.2. The molecule has 1 N–H and O–H groups in total. The lowest BCUT2D eigenvalue weighted by Gasteiger charge is -2.35. The number of benzene rings is 1. The number of nitrogens with zero attached hydrogens (tertiary/aromatic N) is 4. The van der Waals surface area contributed by atoms with Crippen LogP contribution in [0.4, 0.5) is 17.5 Å². The Balaban J connectivity index is 1.43. The third kappa shape index (κ3) is 4.59. The SMILES string of the molecule is Cc1ccc(Nc2nc(C)cc(N3CCN(C(=O)c4ccc(Br)o4)CC3)n2)cc1. The average Bonchev–Trinajstić information content (AvgIpc) is 3.15. The Bertz CT molecular complexity index is 1010. The van der Waals surface area contributed by atoms with Crippen LogP contribution in [0.5, 0.6) is 0 Å². The Morgan fingerprint density at radius 1 is 1.03 bits per heavy atom. The molecule has 3 heterocycles. The molecule has 8 heteroatoms. The maximum Gasteiger partial charge on any atom is 0.289 e. The van der Waals surface area contributed by atoms with E-state index in [1.165, 1.54) is 5.56 Å². The van der Waals surface area contributed by atoms with Crippen molar-refractivity contribution in [2.75, 3.05) is 36.4 Å². The highest BCUT2D eigenvalue weighted by molar-refractivity contribution is 9.10. The number of carbonyl (C=O) groups excluding carboxylic acids is 1. The fraction of sp³-hybridized carbons (Fsp3) is 0.286. The van der Waals surface area contributed by atoms with Crippen LogP contribution >= 0.6 is 15.9 Å². The van der Waals surface area contributed by atoms with E-state index in [1.807, 2.05) is 37.3 Å². The number of anilines is 3. The van der Waals surface area contributed by atoms with Crippen LogP contribution < -0.4 is 10.2 Å². The van der Waals surface area contributed by atoms with Crippen molar-refractivity contribution in [3.63, 3.8) is 0 Å². The monoisotopic (exact) mass is 455 g/mol. The fourth-order valence-corrected chi connectivity index (χ4v) is 3.57. The normalized spacial score (nSPS) is 14.2. The summed E-state index contributed by atoms with van der Waals surface area (Å²) in [7, 11) is 0. The highest BCUT2D eigenvalue weighted by Crippen LogP contribution is 2.21. The summed E-state index contributed by atoms with van der Waals surface area (Å²) < 4.78 is 5.95. The second kappa shape index (κ2) is 8.24. The molecule has 1 aliphatic rings. The Labute approximate surface area is 177 Å². The van der Waals surface area contributed by atoms with Crippen molar-refractivity contribution >= 4 is 39.3 Å². The van der Waals surface area contributed by atoms with Gasteiger partial charge in [0.1, 0.15) is 5.82 Å². The highest BCUT2D eigenvalue weighted by Gasteiger charge is 2.25. The molecule has 0 unspecified atom stereocenters. The van der Waals surface area contributed by atoms with E-state index in [4.69, 9.17) is 4.42 Å². The molecule has 1 fully saturated rings. The van der Waals surface area contributed by atoms with Gasteiger partial charge in [-0.05, 0) is 54.0 Å². The maximum absolute atomic E-state index is 12.5. The molecule has 4 rings (SSSR count). The molecule has 0 bridgehead atoms. The summed E-state index contributed by atoms with van der Waals surface area (Å²) in [4.78, 5) is 25.7. The largest absolute Gasteiger partial charge is 0.444 e. The number of rotatable bonds is 4. The van der Waals surface area contributed by atoms with Gasteiger partial charge in [0.2, 0.25) is 5.95 Å². The zero-order chi connectivity index (χ0) is 20.4. The van der Waals surface area contributed by atoms with Gasteiger partial charge in [0.05, 0.1) is 0 Å². The molecule has 3 aromatic rings. The molecule has 1 aliphatic heterocycles. The molecule has 0 atom stereocenters. The van der Waals surface area contributed by atoms with Crippen LogP contribution in [0.25, 0.3) is 0 Å². The van der Waals surface area contributed by atoms with Gasteiger partial charge in [-0.1, -0.05) is 17.7 Å². The van der Waals surface area contributed by atoms with E-state index >= 15 is 0 Å². The van der Waals surface area contributed by atoms with Gasteiger partial charge in [0.15, 0.2) is 10.4 Å². The number of aromatic nitrogens is 2. The molecule has 150 valence electrons. The number of hydrogen-bond acceptors (Lipinski definition) is 6. The van der Waals surface area contributed by atoms with Gasteiger partial charge in [0.25, 0.3) is 5.91 Å². The number of carbonyl (C=O) groups is 1. The zero-order valence-electron chi connectivity index (χ0n) is 16.4. The predicted octanol–water partition coefficient (Wildman–Crippen LogP) is 4.15. The van der Waals surface area contributed by atoms with Gasteiger partial charge in [0, 0.05) is 43.6 Å². The summed E-state index contributed by atoms with van der Waals surface area (Å²) in [5, 5.41) is 3.27. The third-order valence-electron chi connectivity index (χ3n) is 4.82. The number of halogens is 1. The molecular weight excluding hydrogens is 434 g/mol. The summed E-state index contributed by atoms with van der Waals surface area (Å²) in [6.45, 7) is 6.64. The van der Waals surface area contributed by atoms with E-state index in [-0.39, 0.29) is 5.91 Å². The van der Waals surface area contributed by atoms with E-state index in [0.717, 1.165) is 17.2 Å². The first kappa shape index (κ1) is 19.4. The summed E-state index contributed by atoms with van der Waals surface area (Å²) >= 11 is 3.24. The number of piperazine rings is 1. The van der Waals surface area contributed by atoms with E-state index in [9.17, 15) is 4.79 Å². The van der Waals surface area contributed by atoms with Crippen LogP contribution in [-0.2, 0) is 0 Å². The van der Waals surface area contributed by atoms with Gasteiger partial charge in [-0.25, -0.2) is 4.98 Å². The molecule has 0 saturated carbocycles. The molecule has 0 aliphatic carbocycles. The number of hydrogen-bond donors (Lipinski definition) is 1. The van der Waals surface area contributed by atoms with Gasteiger partial charge in [-0.15, -0.1) is 0 Å². The Morgan fingerprint density at radius 3 is 2.41 bits per heavy atom. The summed E-state index contributed by atoms with van der Waals surface area (Å²) in [5.41, 5.74) is 3.05. The second-order valence-electron chi connectivity index (χ2n) is 7.07. The van der Waals surface area contributed by atoms with Gasteiger partial charge < -0.3 is 19.5 Å². The molecule has 1 saturated heterocycles. The Hall–Kier alpha value is -2.87. The van der Waals surface area contributed by atoms with E-state index in [2.05, 4.69) is 43.0 Å². The van der Waals surface area contributed by atoms with E-state index in [1.54, 1.807) is 17.0 Å². The molecule has 0 radical (unpaired) electrons. The van der Waals surface area contributed by atoms with Crippen LogP contribution in [0, 0.1) is 13.8 Å².